The molecule has 0 saturated carbocycles. The number of esters is 1. The van der Waals surface area contributed by atoms with Crippen molar-refractivity contribution in [3.8, 4) is 0 Å². The highest BCUT2D eigenvalue weighted by Gasteiger charge is 2.28. The highest BCUT2D eigenvalue weighted by Crippen LogP contribution is 2.19. The second-order valence-corrected chi connectivity index (χ2v) is 9.40. The quantitative estimate of drug-likeness (QED) is 0.424. The van der Waals surface area contributed by atoms with Gasteiger partial charge >= 0.3 is 5.97 Å². The van der Waals surface area contributed by atoms with Crippen LogP contribution in [0.15, 0.2) is 46.6 Å². The summed E-state index contributed by atoms with van der Waals surface area (Å²) in [4.78, 5) is 41.5. The number of fused-ring (bicyclic) bond motifs is 2. The van der Waals surface area contributed by atoms with Crippen LogP contribution in [0.4, 0.5) is 0 Å². The third-order valence-corrected chi connectivity index (χ3v) is 5.62. The predicted octanol–water partition coefficient (Wildman–Crippen LogP) is 1.84. The Morgan fingerprint density at radius 3 is 2.56 bits per heavy atom. The lowest BCUT2D eigenvalue weighted by Gasteiger charge is -2.27. The van der Waals surface area contributed by atoms with Gasteiger partial charge in [0.2, 0.25) is 5.91 Å². The standard InChI is InChI=1S/C26H37N3O7/c1-15(2)24-17(4)8-9-22(32)27-10-6-7-16(3)11-19(30)12-20(31)13-23-29-21(14-35-23)25(33)28-18(5)26(34)36-24/h6-9,11,14-15,17-20,24,30-31H,10,12-13H2,1-5H3,(H,27,32)(H,28,33)/b7-6?,9-8+,16-11?/t17-,18-,19-,20+,24-/m1/s1. The van der Waals surface area contributed by atoms with E-state index in [4.69, 9.17) is 9.15 Å². The number of nitrogens with one attached hydrogen (secondary N) is 2. The minimum Gasteiger partial charge on any atom is -0.460 e. The minimum absolute atomic E-state index is 0.00233. The van der Waals surface area contributed by atoms with Gasteiger partial charge in [-0.1, -0.05) is 50.6 Å². The van der Waals surface area contributed by atoms with Crippen LogP contribution in [0.1, 0.15) is 57.4 Å². The fraction of sp³-hybridized carbons (Fsp3) is 0.538. The van der Waals surface area contributed by atoms with Gasteiger partial charge in [0, 0.05) is 18.9 Å². The van der Waals surface area contributed by atoms with Gasteiger partial charge in [-0.25, -0.2) is 9.78 Å². The number of carbonyl (C=O) groups excluding carboxylic acids is 3. The largest absolute Gasteiger partial charge is 0.460 e. The van der Waals surface area contributed by atoms with Gasteiger partial charge in [-0.3, -0.25) is 9.59 Å². The van der Waals surface area contributed by atoms with Crippen molar-refractivity contribution in [2.75, 3.05) is 6.54 Å². The number of oxazole rings is 1. The molecule has 0 spiro atoms. The van der Waals surface area contributed by atoms with Crippen LogP contribution >= 0.6 is 0 Å². The van der Waals surface area contributed by atoms with E-state index in [-0.39, 0.29) is 48.7 Å². The van der Waals surface area contributed by atoms with Gasteiger partial charge in [-0.2, -0.15) is 0 Å². The van der Waals surface area contributed by atoms with Crippen molar-refractivity contribution < 1.29 is 33.8 Å². The fourth-order valence-electron chi connectivity index (χ4n) is 3.73. The Kier molecular flexibility index (Phi) is 11.1. The maximum absolute atomic E-state index is 12.7. The number of hydrogen-bond donors (Lipinski definition) is 4. The summed E-state index contributed by atoms with van der Waals surface area (Å²) in [6.45, 7) is 9.24. The van der Waals surface area contributed by atoms with Crippen LogP contribution in [0.2, 0.25) is 0 Å². The molecular formula is C26H37N3O7. The molecule has 0 radical (unpaired) electrons. The number of nitrogens with zero attached hydrogens (tertiary/aromatic N) is 1. The SMILES string of the molecule is CC1=C[C@@H](O)C[C@H](O)Cc2nc(co2)C(=O)N[C@H](C)C(=O)O[C@H](C(C)C)[C@H](C)/C=C/C(=O)NCC=C1. The number of ether oxygens (including phenoxy) is 1. The topological polar surface area (TPSA) is 151 Å². The van der Waals surface area contributed by atoms with E-state index >= 15 is 0 Å². The summed E-state index contributed by atoms with van der Waals surface area (Å²) in [5.74, 6) is -1.70. The Bertz CT molecular complexity index is 995. The molecule has 0 unspecified atom stereocenters. The number of aliphatic hydroxyl groups excluding tert-OH is 2. The van der Waals surface area contributed by atoms with Crippen molar-refractivity contribution in [1.29, 1.82) is 0 Å². The fourth-order valence-corrected chi connectivity index (χ4v) is 3.73. The van der Waals surface area contributed by atoms with E-state index in [9.17, 15) is 24.6 Å². The molecule has 2 amide bonds. The van der Waals surface area contributed by atoms with E-state index in [1.54, 1.807) is 31.2 Å². The zero-order valence-electron chi connectivity index (χ0n) is 21.4. The van der Waals surface area contributed by atoms with E-state index in [1.165, 1.54) is 13.0 Å². The highest BCUT2D eigenvalue weighted by atomic mass is 16.5. The molecular weight excluding hydrogens is 466 g/mol. The molecule has 4 N–H and O–H groups in total. The van der Waals surface area contributed by atoms with Gasteiger partial charge in [0.25, 0.3) is 5.91 Å². The molecule has 36 heavy (non-hydrogen) atoms. The number of hydrogen-bond acceptors (Lipinski definition) is 8. The Hall–Kier alpha value is -3.24. The molecule has 0 aliphatic carbocycles. The van der Waals surface area contributed by atoms with Gasteiger partial charge < -0.3 is 30.0 Å². The van der Waals surface area contributed by atoms with E-state index in [0.717, 1.165) is 11.8 Å². The summed E-state index contributed by atoms with van der Waals surface area (Å²) >= 11 is 0. The van der Waals surface area contributed by atoms with Crippen LogP contribution in [-0.4, -0.2) is 63.9 Å². The first-order valence-corrected chi connectivity index (χ1v) is 12.1. The van der Waals surface area contributed by atoms with E-state index in [1.807, 2.05) is 20.8 Å². The minimum atomic E-state index is -0.959. The van der Waals surface area contributed by atoms with Crippen LogP contribution in [0.25, 0.3) is 0 Å². The summed E-state index contributed by atoms with van der Waals surface area (Å²) < 4.78 is 10.9. The lowest BCUT2D eigenvalue weighted by Crippen LogP contribution is -2.42. The summed E-state index contributed by atoms with van der Waals surface area (Å²) in [6.07, 6.45) is 6.98. The molecule has 1 aliphatic heterocycles. The number of rotatable bonds is 1. The molecule has 1 aliphatic rings. The van der Waals surface area contributed by atoms with Crippen molar-refractivity contribution in [3.05, 3.63) is 53.8 Å². The summed E-state index contributed by atoms with van der Waals surface area (Å²) in [5.41, 5.74) is 0.719. The first kappa shape index (κ1) is 29.0. The molecule has 1 aromatic rings. The molecule has 1 aromatic heterocycles. The number of amides is 2. The number of aliphatic hydroxyl groups is 2. The van der Waals surface area contributed by atoms with Crippen molar-refractivity contribution in [3.63, 3.8) is 0 Å². The average Bonchev–Trinajstić information content (AvgIpc) is 3.25. The summed E-state index contributed by atoms with van der Waals surface area (Å²) in [7, 11) is 0. The molecule has 10 nitrogen and oxygen atoms in total. The van der Waals surface area contributed by atoms with E-state index in [0.29, 0.717) is 0 Å². The normalized spacial score (nSPS) is 28.6. The lowest BCUT2D eigenvalue weighted by molar-refractivity contribution is -0.155. The van der Waals surface area contributed by atoms with Crippen molar-refractivity contribution >= 4 is 17.8 Å². The van der Waals surface area contributed by atoms with Gasteiger partial charge in [-0.05, 0) is 25.8 Å². The molecule has 10 heteroatoms. The molecule has 198 valence electrons. The van der Waals surface area contributed by atoms with Crippen LogP contribution < -0.4 is 10.6 Å². The van der Waals surface area contributed by atoms with Crippen LogP contribution in [0.5, 0.6) is 0 Å². The van der Waals surface area contributed by atoms with Crippen LogP contribution in [0, 0.1) is 11.8 Å². The Balaban J connectivity index is 2.24. The molecule has 2 heterocycles. The van der Waals surface area contributed by atoms with Gasteiger partial charge in [-0.15, -0.1) is 0 Å². The Morgan fingerprint density at radius 2 is 1.86 bits per heavy atom. The average molecular weight is 504 g/mol. The van der Waals surface area contributed by atoms with E-state index < -0.39 is 36.2 Å². The first-order valence-electron chi connectivity index (χ1n) is 12.1. The van der Waals surface area contributed by atoms with Crippen molar-refractivity contribution in [2.45, 2.75) is 71.8 Å². The lowest BCUT2D eigenvalue weighted by atomic mass is 9.94. The third kappa shape index (κ3) is 9.43. The molecule has 2 rings (SSSR count). The maximum Gasteiger partial charge on any atom is 0.328 e. The monoisotopic (exact) mass is 503 g/mol. The van der Waals surface area contributed by atoms with Crippen molar-refractivity contribution in [1.82, 2.24) is 15.6 Å². The molecule has 2 bridgehead atoms. The highest BCUT2D eigenvalue weighted by molar-refractivity contribution is 5.94. The number of allylic oxidation sites excluding steroid dienone is 2. The number of cyclic esters (lactones) is 1. The zero-order chi connectivity index (χ0) is 26.8. The van der Waals surface area contributed by atoms with Crippen LogP contribution in [-0.2, 0) is 20.7 Å². The molecule has 0 fully saturated rings. The first-order chi connectivity index (χ1) is 17.0. The Labute approximate surface area is 211 Å². The van der Waals surface area contributed by atoms with Crippen LogP contribution in [0.3, 0.4) is 0 Å². The summed E-state index contributed by atoms with van der Waals surface area (Å²) in [6, 6.07) is -0.956. The van der Waals surface area contributed by atoms with Gasteiger partial charge in [0.05, 0.1) is 18.6 Å². The summed E-state index contributed by atoms with van der Waals surface area (Å²) in [5, 5.41) is 25.8. The van der Waals surface area contributed by atoms with Gasteiger partial charge in [0.1, 0.15) is 18.4 Å². The molecule has 0 aromatic carbocycles. The van der Waals surface area contributed by atoms with E-state index in [2.05, 4.69) is 15.6 Å². The molecule has 0 saturated heterocycles. The number of carbonyl (C=O) groups is 3. The predicted molar refractivity (Wildman–Crippen MR) is 133 cm³/mol. The maximum atomic E-state index is 12.7. The van der Waals surface area contributed by atoms with Gasteiger partial charge in [0.15, 0.2) is 11.6 Å². The smallest absolute Gasteiger partial charge is 0.328 e. The Morgan fingerprint density at radius 1 is 1.14 bits per heavy atom. The molecule has 5 atom stereocenters. The third-order valence-electron chi connectivity index (χ3n) is 5.62. The number of aromatic nitrogens is 1. The second kappa shape index (κ2) is 13.7. The van der Waals surface area contributed by atoms with Crippen molar-refractivity contribution in [2.24, 2.45) is 11.8 Å². The zero-order valence-corrected chi connectivity index (χ0v) is 21.4. The second-order valence-electron chi connectivity index (χ2n) is 9.40.